The number of rotatable bonds is 3. The maximum absolute atomic E-state index is 13.2. The summed E-state index contributed by atoms with van der Waals surface area (Å²) in [5.74, 6) is -1.30. The molecule has 0 radical (unpaired) electrons. The van der Waals surface area contributed by atoms with Crippen LogP contribution in [0.25, 0.3) is 0 Å². The molecule has 0 aliphatic heterocycles. The van der Waals surface area contributed by atoms with E-state index < -0.39 is 17.6 Å². The fraction of sp³-hybridized carbons (Fsp3) is 0.143. The van der Waals surface area contributed by atoms with Crippen LogP contribution in [0.4, 0.5) is 23.2 Å². The zero-order valence-electron chi connectivity index (χ0n) is 10.4. The van der Waals surface area contributed by atoms with Crippen LogP contribution in [0, 0.1) is 5.82 Å². The van der Waals surface area contributed by atoms with Gasteiger partial charge in [0.25, 0.3) is 0 Å². The van der Waals surface area contributed by atoms with Gasteiger partial charge in [0.1, 0.15) is 5.82 Å². The molecule has 2 aromatic rings. The van der Waals surface area contributed by atoms with E-state index in [9.17, 15) is 17.6 Å². The summed E-state index contributed by atoms with van der Waals surface area (Å²) in [5, 5.41) is 3.69. The van der Waals surface area contributed by atoms with Gasteiger partial charge in [-0.05, 0) is 35.9 Å². The highest BCUT2D eigenvalue weighted by Gasteiger charge is 2.34. The standard InChI is InChI=1S/C14H9Cl2F4N/c15-9-2-3-11(16)13(6-9)21-7-8-1-4-12(17)10(5-8)14(18,19)20/h1-6,21H,7H2. The third-order valence-electron chi connectivity index (χ3n) is 2.75. The average Bonchev–Trinajstić information content (AvgIpc) is 2.40. The van der Waals surface area contributed by atoms with E-state index in [4.69, 9.17) is 23.2 Å². The lowest BCUT2D eigenvalue weighted by molar-refractivity contribution is -0.140. The van der Waals surface area contributed by atoms with Crippen molar-refractivity contribution in [3.8, 4) is 0 Å². The quantitative estimate of drug-likeness (QED) is 0.701. The molecular weight excluding hydrogens is 329 g/mol. The first-order valence-corrected chi connectivity index (χ1v) is 6.57. The lowest BCUT2D eigenvalue weighted by Crippen LogP contribution is -2.10. The van der Waals surface area contributed by atoms with Crippen molar-refractivity contribution in [1.82, 2.24) is 0 Å². The van der Waals surface area contributed by atoms with Crippen LogP contribution in [0.15, 0.2) is 36.4 Å². The van der Waals surface area contributed by atoms with E-state index in [0.717, 1.165) is 12.1 Å². The Kier molecular flexibility index (Phi) is 4.64. The van der Waals surface area contributed by atoms with E-state index in [1.807, 2.05) is 0 Å². The average molecular weight is 338 g/mol. The van der Waals surface area contributed by atoms with Gasteiger partial charge in [0.05, 0.1) is 16.3 Å². The summed E-state index contributed by atoms with van der Waals surface area (Å²) in [6.07, 6.45) is -4.73. The summed E-state index contributed by atoms with van der Waals surface area (Å²) >= 11 is 11.7. The highest BCUT2D eigenvalue weighted by molar-refractivity contribution is 6.35. The molecule has 0 unspecified atom stereocenters. The van der Waals surface area contributed by atoms with Crippen molar-refractivity contribution in [2.75, 3.05) is 5.32 Å². The highest BCUT2D eigenvalue weighted by atomic mass is 35.5. The van der Waals surface area contributed by atoms with Gasteiger partial charge in [0.2, 0.25) is 0 Å². The molecule has 21 heavy (non-hydrogen) atoms. The maximum atomic E-state index is 13.2. The number of halogens is 6. The zero-order valence-corrected chi connectivity index (χ0v) is 12.0. The van der Waals surface area contributed by atoms with E-state index in [2.05, 4.69) is 5.32 Å². The summed E-state index contributed by atoms with van der Waals surface area (Å²) in [6, 6.07) is 7.54. The Morgan fingerprint density at radius 1 is 1.00 bits per heavy atom. The van der Waals surface area contributed by atoms with Gasteiger partial charge in [-0.2, -0.15) is 13.2 Å². The third kappa shape index (κ3) is 4.02. The van der Waals surface area contributed by atoms with E-state index >= 15 is 0 Å². The largest absolute Gasteiger partial charge is 0.419 e. The van der Waals surface area contributed by atoms with Crippen LogP contribution in [-0.2, 0) is 12.7 Å². The molecule has 2 aromatic carbocycles. The molecule has 0 aromatic heterocycles. The third-order valence-corrected chi connectivity index (χ3v) is 3.31. The number of benzene rings is 2. The second-order valence-corrected chi connectivity index (χ2v) is 5.13. The molecule has 0 heterocycles. The van der Waals surface area contributed by atoms with Gasteiger partial charge in [-0.1, -0.05) is 29.3 Å². The molecule has 0 saturated carbocycles. The van der Waals surface area contributed by atoms with Crippen LogP contribution in [0.2, 0.25) is 10.0 Å². The first-order valence-electron chi connectivity index (χ1n) is 5.82. The number of nitrogens with one attached hydrogen (secondary N) is 1. The van der Waals surface area contributed by atoms with Crippen molar-refractivity contribution in [3.05, 3.63) is 63.4 Å². The van der Waals surface area contributed by atoms with Gasteiger partial charge >= 0.3 is 6.18 Å². The van der Waals surface area contributed by atoms with Gasteiger partial charge in [-0.15, -0.1) is 0 Å². The Morgan fingerprint density at radius 3 is 2.38 bits per heavy atom. The first-order chi connectivity index (χ1) is 9.77. The van der Waals surface area contributed by atoms with Crippen LogP contribution in [-0.4, -0.2) is 0 Å². The molecule has 0 aliphatic carbocycles. The van der Waals surface area contributed by atoms with Crippen LogP contribution in [0.5, 0.6) is 0 Å². The molecule has 1 nitrogen and oxygen atoms in total. The minimum absolute atomic E-state index is 0.0590. The second-order valence-electron chi connectivity index (χ2n) is 4.29. The van der Waals surface area contributed by atoms with Crippen molar-refractivity contribution in [1.29, 1.82) is 0 Å². The zero-order chi connectivity index (χ0) is 15.6. The first kappa shape index (κ1) is 15.9. The minimum Gasteiger partial charge on any atom is -0.380 e. The fourth-order valence-electron chi connectivity index (χ4n) is 1.73. The van der Waals surface area contributed by atoms with Crippen LogP contribution in [0.1, 0.15) is 11.1 Å². The fourth-order valence-corrected chi connectivity index (χ4v) is 2.09. The van der Waals surface area contributed by atoms with E-state index in [0.29, 0.717) is 15.7 Å². The molecule has 0 fully saturated rings. The summed E-state index contributed by atoms with van der Waals surface area (Å²) in [7, 11) is 0. The van der Waals surface area contributed by atoms with Crippen molar-refractivity contribution in [2.45, 2.75) is 12.7 Å². The molecule has 112 valence electrons. The number of hydrogen-bond donors (Lipinski definition) is 1. The Bertz CT molecular complexity index is 656. The topological polar surface area (TPSA) is 12.0 Å². The molecule has 0 spiro atoms. The molecular formula is C14H9Cl2F4N. The maximum Gasteiger partial charge on any atom is 0.419 e. The van der Waals surface area contributed by atoms with E-state index in [-0.39, 0.29) is 12.1 Å². The molecule has 0 saturated heterocycles. The van der Waals surface area contributed by atoms with Gasteiger partial charge in [-0.25, -0.2) is 4.39 Å². The molecule has 0 aliphatic rings. The SMILES string of the molecule is Fc1ccc(CNc2cc(Cl)ccc2Cl)cc1C(F)(F)F. The van der Waals surface area contributed by atoms with Crippen molar-refractivity contribution < 1.29 is 17.6 Å². The molecule has 0 bridgehead atoms. The van der Waals surface area contributed by atoms with Crippen molar-refractivity contribution >= 4 is 28.9 Å². The lowest BCUT2D eigenvalue weighted by Gasteiger charge is -2.12. The summed E-state index contributed by atoms with van der Waals surface area (Å²) in [4.78, 5) is 0. The summed E-state index contributed by atoms with van der Waals surface area (Å²) in [5.41, 5.74) is -0.527. The molecule has 2 rings (SSSR count). The second kappa shape index (κ2) is 6.12. The normalized spacial score (nSPS) is 11.5. The van der Waals surface area contributed by atoms with Gasteiger partial charge in [-0.3, -0.25) is 0 Å². The van der Waals surface area contributed by atoms with E-state index in [1.54, 1.807) is 18.2 Å². The molecule has 1 N–H and O–H groups in total. The highest BCUT2D eigenvalue weighted by Crippen LogP contribution is 2.32. The Morgan fingerprint density at radius 2 is 1.71 bits per heavy atom. The van der Waals surface area contributed by atoms with E-state index in [1.165, 1.54) is 6.07 Å². The Hall–Kier alpha value is -1.46. The molecule has 7 heteroatoms. The summed E-state index contributed by atoms with van der Waals surface area (Å²) < 4.78 is 51.0. The Balaban J connectivity index is 2.19. The van der Waals surface area contributed by atoms with Gasteiger partial charge in [0.15, 0.2) is 0 Å². The van der Waals surface area contributed by atoms with Crippen LogP contribution >= 0.6 is 23.2 Å². The number of alkyl halides is 3. The van der Waals surface area contributed by atoms with Crippen molar-refractivity contribution in [3.63, 3.8) is 0 Å². The van der Waals surface area contributed by atoms with Crippen LogP contribution < -0.4 is 5.32 Å². The number of anilines is 1. The molecule has 0 amide bonds. The number of hydrogen-bond acceptors (Lipinski definition) is 1. The van der Waals surface area contributed by atoms with Crippen LogP contribution in [0.3, 0.4) is 0 Å². The molecule has 0 atom stereocenters. The smallest absolute Gasteiger partial charge is 0.380 e. The summed E-state index contributed by atoms with van der Waals surface area (Å²) in [6.45, 7) is 0.0590. The lowest BCUT2D eigenvalue weighted by atomic mass is 10.1. The van der Waals surface area contributed by atoms with Gasteiger partial charge in [0, 0.05) is 11.6 Å². The monoisotopic (exact) mass is 337 g/mol. The Labute approximate surface area is 128 Å². The van der Waals surface area contributed by atoms with Gasteiger partial charge < -0.3 is 5.32 Å². The predicted octanol–water partition coefficient (Wildman–Crippen LogP) is 5.76. The minimum atomic E-state index is -4.73. The van der Waals surface area contributed by atoms with Crippen molar-refractivity contribution in [2.24, 2.45) is 0 Å². The predicted molar refractivity (Wildman–Crippen MR) is 75.2 cm³/mol.